The molecule has 6 heteroatoms. The van der Waals surface area contributed by atoms with E-state index in [1.54, 1.807) is 0 Å². The molecular formula is H2BaCuO2SnY. The molecule has 0 spiro atoms. The Labute approximate surface area is 123 Å². The van der Waals surface area contributed by atoms with Gasteiger partial charge in [-0.05, 0) is 0 Å². The second-order valence-corrected chi connectivity index (χ2v) is 0. The molecular weight excluding hydrogens is 440 g/mol. The van der Waals surface area contributed by atoms with E-state index in [1.165, 1.54) is 0 Å². The van der Waals surface area contributed by atoms with Gasteiger partial charge in [0.05, 0.1) is 0 Å². The van der Waals surface area contributed by atoms with Crippen LogP contribution in [0.2, 0.25) is 0 Å². The average Bonchev–Trinajstić information content (AvgIpc) is 1.50. The molecule has 0 aliphatic heterocycles. The van der Waals surface area contributed by atoms with Gasteiger partial charge in [-0.2, -0.15) is 0 Å². The second-order valence-electron chi connectivity index (χ2n) is 0. The summed E-state index contributed by atoms with van der Waals surface area (Å²) in [4.78, 5) is 0. The van der Waals surface area contributed by atoms with Gasteiger partial charge < -0.3 is 0 Å². The van der Waals surface area contributed by atoms with Gasteiger partial charge in [0.2, 0.25) is 0 Å². The largest absolute Gasteiger partial charge is 0 e. The van der Waals surface area contributed by atoms with Crippen LogP contribution in [0.25, 0.3) is 0 Å². The van der Waals surface area contributed by atoms with Crippen LogP contribution < -0.4 is 0 Å². The Morgan fingerprint density at radius 3 is 1.17 bits per heavy atom. The van der Waals surface area contributed by atoms with E-state index in [0.717, 1.165) is 0 Å². The summed E-state index contributed by atoms with van der Waals surface area (Å²) < 4.78 is 16.2. The van der Waals surface area contributed by atoms with Gasteiger partial charge in [-0.25, -0.2) is 0 Å². The molecule has 0 aliphatic carbocycles. The predicted molar refractivity (Wildman–Crippen MR) is 15.7 cm³/mol. The van der Waals surface area contributed by atoms with Gasteiger partial charge in [0.15, 0.2) is 0 Å². The second kappa shape index (κ2) is 38.4. The summed E-state index contributed by atoms with van der Waals surface area (Å²) in [6.07, 6.45) is 0. The quantitative estimate of drug-likeness (QED) is 0.427. The Balaban J connectivity index is -0.00000000500. The zero-order chi connectivity index (χ0) is 4.00. The van der Waals surface area contributed by atoms with Crippen LogP contribution in [0.1, 0.15) is 0 Å². The topological polar surface area (TPSA) is 34.1 Å². The molecule has 0 unspecified atom stereocenters. The van der Waals surface area contributed by atoms with Crippen molar-refractivity contribution >= 4 is 71.4 Å². The van der Waals surface area contributed by atoms with Crippen molar-refractivity contribution in [2.24, 2.45) is 0 Å². The Hall–Kier alpha value is 3.59. The summed E-state index contributed by atoms with van der Waals surface area (Å²) in [7, 11) is 0. The number of hydrogen-bond acceptors (Lipinski definition) is 2. The van der Waals surface area contributed by atoms with E-state index < -0.39 is 0 Å². The van der Waals surface area contributed by atoms with E-state index in [9.17, 15) is 0 Å². The molecule has 0 heterocycles. The van der Waals surface area contributed by atoms with Crippen LogP contribution in [0.5, 0.6) is 0 Å². The fourth-order valence-electron chi connectivity index (χ4n) is 0. The molecule has 0 atom stereocenters. The average molecular weight is 443 g/mol. The van der Waals surface area contributed by atoms with E-state index in [0.29, 0.717) is 22.5 Å². The van der Waals surface area contributed by atoms with Crippen LogP contribution >= 0.6 is 0 Å². The maximum absolute atomic E-state index is 8.34. The smallest absolute Gasteiger partial charge is 0 e. The maximum atomic E-state index is 8.34. The summed E-state index contributed by atoms with van der Waals surface area (Å²) in [5.41, 5.74) is 0. The van der Waals surface area contributed by atoms with Crippen LogP contribution in [-0.2, 0) is 55.6 Å². The molecule has 34 valence electrons. The molecule has 0 aromatic rings. The van der Waals surface area contributed by atoms with Crippen molar-refractivity contribution in [1.29, 1.82) is 0 Å². The van der Waals surface area contributed by atoms with Gasteiger partial charge in [0.25, 0.3) is 0 Å². The summed E-state index contributed by atoms with van der Waals surface area (Å²) in [6, 6.07) is 0. The summed E-state index contributed by atoms with van der Waals surface area (Å²) in [5.74, 6) is 0. The predicted octanol–water partition coefficient (Wildman–Crippen LogP) is -1.54. The van der Waals surface area contributed by atoms with Gasteiger partial charge in [-0.15, -0.1) is 0 Å². The van der Waals surface area contributed by atoms with Crippen LogP contribution in [-0.4, -0.2) is 71.4 Å². The molecule has 2 nitrogen and oxygen atoms in total. The minimum absolute atomic E-state index is 0. The van der Waals surface area contributed by atoms with Gasteiger partial charge in [-0.1, -0.05) is 0 Å². The monoisotopic (exact) mass is 444 g/mol. The SMILES string of the molecule is [BaH2].[O]=[Cu].[O]=[Sn].[Y]. The molecule has 0 saturated carbocycles. The number of rotatable bonds is 0. The summed E-state index contributed by atoms with van der Waals surface area (Å²) >= 11 is 3.24. The molecule has 6 heavy (non-hydrogen) atoms. The van der Waals surface area contributed by atoms with Crippen molar-refractivity contribution in [3.05, 3.63) is 0 Å². The van der Waals surface area contributed by atoms with Crippen molar-refractivity contribution < 1.29 is 55.6 Å². The molecule has 0 aromatic heterocycles. The Kier molecular flexibility index (Phi) is 145. The zero-order valence-corrected chi connectivity index (χ0v) is 8.83. The fraction of sp³-hybridized carbons (Fsp3) is 0. The van der Waals surface area contributed by atoms with Gasteiger partial charge in [0.1, 0.15) is 0 Å². The van der Waals surface area contributed by atoms with Gasteiger partial charge >= 0.3 is 94.2 Å². The van der Waals surface area contributed by atoms with Crippen LogP contribution in [0.3, 0.4) is 0 Å². The maximum Gasteiger partial charge on any atom is 0 e. The first-order valence-electron chi connectivity index (χ1n) is 0.327. The van der Waals surface area contributed by atoms with Crippen molar-refractivity contribution in [2.75, 3.05) is 0 Å². The fourth-order valence-corrected chi connectivity index (χ4v) is 0. The zero-order valence-electron chi connectivity index (χ0n) is 2.20. The van der Waals surface area contributed by atoms with Crippen molar-refractivity contribution in [3.63, 3.8) is 0 Å². The van der Waals surface area contributed by atoms with Crippen molar-refractivity contribution in [2.45, 2.75) is 0 Å². The molecule has 0 aromatic carbocycles. The molecule has 0 fully saturated rings. The Morgan fingerprint density at radius 2 is 1.17 bits per heavy atom. The Bertz CT molecular complexity index is 15.5. The van der Waals surface area contributed by atoms with E-state index in [-0.39, 0.29) is 81.6 Å². The van der Waals surface area contributed by atoms with E-state index in [2.05, 4.69) is 15.9 Å². The van der Waals surface area contributed by atoms with Crippen LogP contribution in [0.15, 0.2) is 0 Å². The van der Waals surface area contributed by atoms with Crippen molar-refractivity contribution in [3.8, 4) is 0 Å². The molecule has 0 N–H and O–H groups in total. The van der Waals surface area contributed by atoms with Crippen LogP contribution in [0, 0.1) is 0 Å². The Morgan fingerprint density at radius 1 is 1.17 bits per heavy atom. The van der Waals surface area contributed by atoms with Crippen LogP contribution in [0.4, 0.5) is 0 Å². The third-order valence-electron chi connectivity index (χ3n) is 0. The first kappa shape index (κ1) is 22.6. The first-order chi connectivity index (χ1) is 2.00. The summed E-state index contributed by atoms with van der Waals surface area (Å²) in [5, 5.41) is 0. The molecule has 0 rings (SSSR count). The van der Waals surface area contributed by atoms with E-state index in [4.69, 9.17) is 6.91 Å². The summed E-state index contributed by atoms with van der Waals surface area (Å²) in [6.45, 7) is 0. The van der Waals surface area contributed by atoms with E-state index >= 15 is 0 Å². The molecule has 0 bridgehead atoms. The van der Waals surface area contributed by atoms with E-state index in [1.807, 2.05) is 0 Å². The minimum Gasteiger partial charge on any atom is 0 e. The van der Waals surface area contributed by atoms with Gasteiger partial charge in [0, 0.05) is 32.7 Å². The van der Waals surface area contributed by atoms with Crippen molar-refractivity contribution in [1.82, 2.24) is 0 Å². The molecule has 0 amide bonds. The molecule has 3 radical (unpaired) electrons. The standard InChI is InChI=1S/Ba.Cu.2O.Sn.Y.2H. The minimum atomic E-state index is 0. The third kappa shape index (κ3) is 25.6. The third-order valence-corrected chi connectivity index (χ3v) is 0. The normalized spacial score (nSPS) is 1.67. The number of hydrogen-bond donors (Lipinski definition) is 0. The molecule has 0 saturated heterocycles. The first-order valence-corrected chi connectivity index (χ1v) is 1.88. The van der Waals surface area contributed by atoms with Gasteiger partial charge in [-0.3, -0.25) is 0 Å². The molecule has 0 aliphatic rings.